The van der Waals surface area contributed by atoms with E-state index < -0.39 is 12.1 Å². The molecule has 21 heteroatoms. The van der Waals surface area contributed by atoms with Crippen molar-refractivity contribution in [3.63, 3.8) is 0 Å². The third-order valence-electron chi connectivity index (χ3n) is 14.2. The molecule has 10 rings (SSSR count). The van der Waals surface area contributed by atoms with Crippen LogP contribution in [0, 0.1) is 11.3 Å². The van der Waals surface area contributed by atoms with Crippen LogP contribution in [0.25, 0.3) is 22.8 Å². The van der Waals surface area contributed by atoms with Gasteiger partial charge in [-0.3, -0.25) is 14.7 Å². The summed E-state index contributed by atoms with van der Waals surface area (Å²) in [6.07, 6.45) is 5.52. The third kappa shape index (κ3) is 10.3. The average molecular weight is 991 g/mol. The van der Waals surface area contributed by atoms with Crippen molar-refractivity contribution in [1.82, 2.24) is 50.3 Å². The first-order chi connectivity index (χ1) is 35.6. The van der Waals surface area contributed by atoms with Gasteiger partial charge < -0.3 is 39.7 Å². The average Bonchev–Trinajstić information content (AvgIpc) is 3.94. The number of hydrogen-bond acceptors (Lipinski definition) is 16. The smallest absolute Gasteiger partial charge is 0.341 e. The van der Waals surface area contributed by atoms with Crippen LogP contribution >= 0.6 is 0 Å². The first-order valence-electron chi connectivity index (χ1n) is 25.4. The molecule has 21 nitrogen and oxygen atoms in total. The zero-order valence-electron chi connectivity index (χ0n) is 42.0. The molecule has 0 bridgehead atoms. The van der Waals surface area contributed by atoms with Crippen molar-refractivity contribution in [3.8, 4) is 28.8 Å². The molecule has 3 saturated heterocycles. The van der Waals surface area contributed by atoms with Crippen LogP contribution in [0.1, 0.15) is 62.3 Å². The second kappa shape index (κ2) is 21.7. The van der Waals surface area contributed by atoms with Crippen molar-refractivity contribution < 1.29 is 23.9 Å². The Balaban J connectivity index is 0.971. The number of likely N-dealkylation sites (tertiary alicyclic amines) is 1. The minimum Gasteiger partial charge on any atom is -0.378 e. The van der Waals surface area contributed by atoms with E-state index in [2.05, 4.69) is 53.2 Å². The van der Waals surface area contributed by atoms with E-state index in [-0.39, 0.29) is 23.7 Å². The highest BCUT2D eigenvalue weighted by Gasteiger charge is 2.36. The Hall–Kier alpha value is -7.54. The van der Waals surface area contributed by atoms with Gasteiger partial charge in [-0.25, -0.2) is 34.5 Å². The van der Waals surface area contributed by atoms with E-state index >= 15 is 0 Å². The molecule has 0 saturated carbocycles. The molecule has 8 heterocycles. The maximum Gasteiger partial charge on any atom is 0.341 e. The molecule has 2 atom stereocenters. The Kier molecular flexibility index (Phi) is 14.6. The van der Waals surface area contributed by atoms with Crippen LogP contribution in [0.3, 0.4) is 0 Å². The molecule has 380 valence electrons. The highest BCUT2D eigenvalue weighted by atomic mass is 16.5. The summed E-state index contributed by atoms with van der Waals surface area (Å²) in [5.74, 6) is 3.56. The molecule has 0 spiro atoms. The molecule has 0 aliphatic carbocycles. The second-order valence-electron chi connectivity index (χ2n) is 18.9. The van der Waals surface area contributed by atoms with Gasteiger partial charge in [-0.1, -0.05) is 0 Å². The molecule has 5 aliphatic rings. The van der Waals surface area contributed by atoms with Gasteiger partial charge >= 0.3 is 12.1 Å². The lowest BCUT2D eigenvalue weighted by Gasteiger charge is -2.39. The van der Waals surface area contributed by atoms with Gasteiger partial charge in [0, 0.05) is 101 Å². The molecule has 2 unspecified atom stereocenters. The molecule has 2 aromatic carbocycles. The number of nitriles is 1. The standard InChI is InChI=1S/C52H62N16O5/c1-5-55-51(70)67(39-11-7-36(8-12-39)47-59-45-32-65(46-29-54-28-38(27-53)57-46)20-17-42(45)49(60-47)62-21-24-72-25-22-62)68(52(71)56-6-2)40-13-9-37(10-14-40)48-58-44-31-64(41-15-18-63(30-41)35(4)69)19-16-43(44)50(61-48)66-23-26-73-33-34(66)3/h7-14,28-29,34,41H,5-6,15-26,30-33H2,1-4H3,(H,55,70)(H,56,71). The van der Waals surface area contributed by atoms with Gasteiger partial charge in [-0.05, 0) is 88.6 Å². The van der Waals surface area contributed by atoms with Crippen LogP contribution in [0.2, 0.25) is 0 Å². The predicted molar refractivity (Wildman–Crippen MR) is 275 cm³/mol. The van der Waals surface area contributed by atoms with E-state index in [9.17, 15) is 19.6 Å². The molecular formula is C52H62N16O5. The van der Waals surface area contributed by atoms with Gasteiger partial charge in [0.25, 0.3) is 0 Å². The van der Waals surface area contributed by atoms with E-state index in [1.54, 1.807) is 25.3 Å². The molecule has 5 aliphatic heterocycles. The Bertz CT molecular complexity index is 2870. The number of carbonyl (C=O) groups excluding carboxylic acids is 3. The lowest BCUT2D eigenvalue weighted by molar-refractivity contribution is -0.128. The predicted octanol–water partition coefficient (Wildman–Crippen LogP) is 4.55. The van der Waals surface area contributed by atoms with E-state index in [0.29, 0.717) is 121 Å². The summed E-state index contributed by atoms with van der Waals surface area (Å²) in [5.41, 5.74) is 6.62. The summed E-state index contributed by atoms with van der Waals surface area (Å²) >= 11 is 0. The highest BCUT2D eigenvalue weighted by molar-refractivity contribution is 6.05. The van der Waals surface area contributed by atoms with Gasteiger partial charge in [-0.2, -0.15) is 15.3 Å². The van der Waals surface area contributed by atoms with Gasteiger partial charge in [0.05, 0.1) is 74.2 Å². The van der Waals surface area contributed by atoms with Crippen molar-refractivity contribution in [2.75, 3.05) is 110 Å². The SMILES string of the molecule is CCNC(=O)N(c1ccc(-c2nc3c(c(N4CCOCC4)n2)CCN(c2cncc(C#N)n2)C3)cc1)N(C(=O)NCC)c1ccc(-c2nc3c(c(N4CCOCC4C)n2)CCN(C2CCN(C(C)=O)C2)C3)cc1. The summed E-state index contributed by atoms with van der Waals surface area (Å²) in [6.45, 7) is 16.7. The van der Waals surface area contributed by atoms with Gasteiger partial charge in [0.1, 0.15) is 23.5 Å². The fraction of sp³-hybridized carbons (Fsp3) is 0.462. The van der Waals surface area contributed by atoms with Crippen molar-refractivity contribution in [1.29, 1.82) is 5.26 Å². The largest absolute Gasteiger partial charge is 0.378 e. The lowest BCUT2D eigenvalue weighted by atomic mass is 10.0. The van der Waals surface area contributed by atoms with Crippen LogP contribution in [0.4, 0.5) is 38.4 Å². The quantitative estimate of drug-likeness (QED) is 0.184. The number of amides is 5. The number of hydrazine groups is 1. The number of aromatic nitrogens is 6. The van der Waals surface area contributed by atoms with Gasteiger partial charge in [0.2, 0.25) is 5.91 Å². The first-order valence-corrected chi connectivity index (χ1v) is 25.4. The van der Waals surface area contributed by atoms with Crippen LogP contribution in [-0.4, -0.2) is 155 Å². The van der Waals surface area contributed by atoms with Crippen LogP contribution in [0.15, 0.2) is 60.9 Å². The van der Waals surface area contributed by atoms with Crippen molar-refractivity contribution in [2.24, 2.45) is 0 Å². The summed E-state index contributed by atoms with van der Waals surface area (Å²) in [6, 6.07) is 16.2. The van der Waals surface area contributed by atoms with Crippen LogP contribution < -0.4 is 35.4 Å². The maximum absolute atomic E-state index is 14.3. The lowest BCUT2D eigenvalue weighted by Crippen LogP contribution is -2.57. The number of hydrogen-bond donors (Lipinski definition) is 2. The number of carbonyl (C=O) groups is 3. The maximum atomic E-state index is 14.3. The fourth-order valence-corrected chi connectivity index (χ4v) is 10.4. The number of nitrogens with zero attached hydrogens (tertiary/aromatic N) is 14. The van der Waals surface area contributed by atoms with E-state index in [0.717, 1.165) is 71.2 Å². The van der Waals surface area contributed by atoms with Crippen LogP contribution in [-0.2, 0) is 40.2 Å². The second-order valence-corrected chi connectivity index (χ2v) is 18.9. The molecular weight excluding hydrogens is 929 g/mol. The number of ether oxygens (including phenoxy) is 2. The molecule has 5 amide bonds. The minimum atomic E-state index is -0.505. The molecule has 73 heavy (non-hydrogen) atoms. The Morgan fingerprint density at radius 1 is 0.712 bits per heavy atom. The normalized spacial score (nSPS) is 18.9. The monoisotopic (exact) mass is 991 g/mol. The third-order valence-corrected chi connectivity index (χ3v) is 14.2. The number of anilines is 5. The van der Waals surface area contributed by atoms with Gasteiger partial charge in [0.15, 0.2) is 17.3 Å². The summed E-state index contributed by atoms with van der Waals surface area (Å²) < 4.78 is 11.5. The van der Waals surface area contributed by atoms with E-state index in [4.69, 9.17) is 29.4 Å². The number of fused-ring (bicyclic) bond motifs is 2. The van der Waals surface area contributed by atoms with Crippen molar-refractivity contribution in [2.45, 2.75) is 72.1 Å². The number of benzene rings is 2. The van der Waals surface area contributed by atoms with E-state index in [1.165, 1.54) is 16.2 Å². The van der Waals surface area contributed by atoms with E-state index in [1.807, 2.05) is 55.1 Å². The minimum absolute atomic E-state index is 0.107. The van der Waals surface area contributed by atoms with Crippen LogP contribution in [0.5, 0.6) is 0 Å². The molecule has 0 radical (unpaired) electrons. The number of morpholine rings is 2. The number of urea groups is 2. The fourth-order valence-electron chi connectivity index (χ4n) is 10.4. The number of nitrogens with one attached hydrogen (secondary N) is 2. The topological polar surface area (TPSA) is 218 Å². The summed E-state index contributed by atoms with van der Waals surface area (Å²) in [7, 11) is 0. The van der Waals surface area contributed by atoms with Crippen molar-refractivity contribution in [3.05, 3.63) is 89.1 Å². The highest BCUT2D eigenvalue weighted by Crippen LogP contribution is 2.36. The first kappa shape index (κ1) is 49.1. The number of rotatable bonds is 10. The summed E-state index contributed by atoms with van der Waals surface area (Å²) in [4.78, 5) is 81.4. The Labute approximate surface area is 425 Å². The Morgan fingerprint density at radius 3 is 1.92 bits per heavy atom. The summed E-state index contributed by atoms with van der Waals surface area (Å²) in [5, 5.41) is 18.0. The molecule has 3 fully saturated rings. The molecule has 2 N–H and O–H groups in total. The zero-order chi connectivity index (χ0) is 50.6. The van der Waals surface area contributed by atoms with Crippen molar-refractivity contribution >= 4 is 46.8 Å². The Morgan fingerprint density at radius 2 is 1.32 bits per heavy atom. The zero-order valence-corrected chi connectivity index (χ0v) is 42.0. The molecule has 3 aromatic heterocycles. The van der Waals surface area contributed by atoms with Gasteiger partial charge in [-0.15, -0.1) is 0 Å². The molecule has 5 aromatic rings.